The Bertz CT molecular complexity index is 308. The Labute approximate surface area is 123 Å². The summed E-state index contributed by atoms with van der Waals surface area (Å²) in [5.41, 5.74) is 0. The van der Waals surface area contributed by atoms with E-state index in [0.717, 1.165) is 32.0 Å². The van der Waals surface area contributed by atoms with Crippen molar-refractivity contribution < 1.29 is 9.53 Å². The van der Waals surface area contributed by atoms with Crippen molar-refractivity contribution in [1.82, 2.24) is 10.2 Å². The first-order valence-corrected chi connectivity index (χ1v) is 8.27. The van der Waals surface area contributed by atoms with Gasteiger partial charge in [-0.2, -0.15) is 0 Å². The van der Waals surface area contributed by atoms with Gasteiger partial charge < -0.3 is 15.0 Å². The molecule has 20 heavy (non-hydrogen) atoms. The number of hydrogen-bond acceptors (Lipinski definition) is 3. The minimum absolute atomic E-state index is 0.0731. The molecule has 1 saturated heterocycles. The van der Waals surface area contributed by atoms with Crippen LogP contribution in [0.15, 0.2) is 0 Å². The summed E-state index contributed by atoms with van der Waals surface area (Å²) >= 11 is 0. The van der Waals surface area contributed by atoms with E-state index in [9.17, 15) is 4.79 Å². The van der Waals surface area contributed by atoms with Crippen LogP contribution < -0.4 is 5.32 Å². The van der Waals surface area contributed by atoms with E-state index in [1.54, 1.807) is 0 Å². The van der Waals surface area contributed by atoms with Gasteiger partial charge in [-0.25, -0.2) is 0 Å². The molecule has 1 aliphatic carbocycles. The van der Waals surface area contributed by atoms with Gasteiger partial charge in [0.1, 0.15) is 6.10 Å². The topological polar surface area (TPSA) is 41.6 Å². The molecule has 1 saturated carbocycles. The van der Waals surface area contributed by atoms with Crippen molar-refractivity contribution in [2.45, 2.75) is 71.1 Å². The Kier molecular flexibility index (Phi) is 5.85. The highest BCUT2D eigenvalue weighted by Gasteiger charge is 2.30. The van der Waals surface area contributed by atoms with Crippen molar-refractivity contribution >= 4 is 5.91 Å². The number of likely N-dealkylation sites (tertiary alicyclic amines) is 1. The van der Waals surface area contributed by atoms with Gasteiger partial charge in [-0.15, -0.1) is 0 Å². The quantitative estimate of drug-likeness (QED) is 0.812. The van der Waals surface area contributed by atoms with Crippen molar-refractivity contribution in [3.8, 4) is 0 Å². The van der Waals surface area contributed by atoms with Crippen LogP contribution in [0, 0.1) is 5.92 Å². The smallest absolute Gasteiger partial charge is 0.249 e. The lowest BCUT2D eigenvalue weighted by atomic mass is 9.89. The molecule has 2 fully saturated rings. The van der Waals surface area contributed by atoms with Crippen LogP contribution in [0.1, 0.15) is 52.9 Å². The van der Waals surface area contributed by atoms with E-state index < -0.39 is 0 Å². The molecule has 0 aromatic carbocycles. The van der Waals surface area contributed by atoms with E-state index in [2.05, 4.69) is 10.2 Å². The van der Waals surface area contributed by atoms with E-state index in [-0.39, 0.29) is 17.9 Å². The van der Waals surface area contributed by atoms with Gasteiger partial charge in [-0.05, 0) is 38.5 Å². The van der Waals surface area contributed by atoms with Crippen molar-refractivity contribution in [2.24, 2.45) is 5.92 Å². The van der Waals surface area contributed by atoms with Crippen LogP contribution in [0.25, 0.3) is 0 Å². The Morgan fingerprint density at radius 2 is 1.90 bits per heavy atom. The van der Waals surface area contributed by atoms with E-state index in [1.807, 2.05) is 20.8 Å². The van der Waals surface area contributed by atoms with Gasteiger partial charge in [0.2, 0.25) is 5.91 Å². The fourth-order valence-electron chi connectivity index (χ4n) is 3.19. The molecule has 0 spiro atoms. The van der Waals surface area contributed by atoms with Gasteiger partial charge in [0.05, 0.1) is 0 Å². The average molecular weight is 282 g/mol. The molecule has 4 nitrogen and oxygen atoms in total. The maximum atomic E-state index is 12.3. The summed E-state index contributed by atoms with van der Waals surface area (Å²) in [7, 11) is 0. The molecular formula is C16H30N2O2. The first-order chi connectivity index (χ1) is 9.61. The number of carbonyl (C=O) groups excluding carboxylic acids is 1. The summed E-state index contributed by atoms with van der Waals surface area (Å²) < 4.78 is 5.57. The molecule has 1 N–H and O–H groups in total. The number of nitrogens with zero attached hydrogens (tertiary/aromatic N) is 1. The third-order valence-corrected chi connectivity index (χ3v) is 4.68. The maximum absolute atomic E-state index is 12.3. The highest BCUT2D eigenvalue weighted by Crippen LogP contribution is 2.27. The first-order valence-electron chi connectivity index (χ1n) is 8.27. The molecule has 2 aliphatic rings. The molecule has 116 valence electrons. The highest BCUT2D eigenvalue weighted by atomic mass is 16.5. The third-order valence-electron chi connectivity index (χ3n) is 4.68. The Morgan fingerprint density at radius 3 is 2.35 bits per heavy atom. The Morgan fingerprint density at radius 1 is 1.25 bits per heavy atom. The average Bonchev–Trinajstić information content (AvgIpc) is 2.35. The lowest BCUT2D eigenvalue weighted by Crippen LogP contribution is -2.52. The summed E-state index contributed by atoms with van der Waals surface area (Å²) in [6, 6.07) is 1.17. The number of nitrogens with one attached hydrogen (secondary N) is 1. The molecule has 1 aliphatic heterocycles. The number of ether oxygens (including phenoxy) is 1. The van der Waals surface area contributed by atoms with Crippen LogP contribution >= 0.6 is 0 Å². The molecular weight excluding hydrogens is 252 g/mol. The number of carbonyl (C=O) groups is 1. The van der Waals surface area contributed by atoms with Gasteiger partial charge in [0.15, 0.2) is 0 Å². The summed E-state index contributed by atoms with van der Waals surface area (Å²) in [6.07, 6.45) is 6.00. The van der Waals surface area contributed by atoms with Crippen LogP contribution in [-0.4, -0.2) is 48.7 Å². The van der Waals surface area contributed by atoms with E-state index in [4.69, 9.17) is 4.74 Å². The SMILES string of the molecule is CCOC(C(=O)NC1CCN(C2CCC2)CC1)C(C)C. The van der Waals surface area contributed by atoms with Crippen LogP contribution in [0.4, 0.5) is 0 Å². The zero-order chi connectivity index (χ0) is 14.5. The van der Waals surface area contributed by atoms with Gasteiger partial charge >= 0.3 is 0 Å². The van der Waals surface area contributed by atoms with E-state index >= 15 is 0 Å². The van der Waals surface area contributed by atoms with Gasteiger partial charge in [-0.1, -0.05) is 20.3 Å². The Hall–Kier alpha value is -0.610. The minimum Gasteiger partial charge on any atom is -0.368 e. The Balaban J connectivity index is 1.74. The second kappa shape index (κ2) is 7.41. The van der Waals surface area contributed by atoms with Crippen molar-refractivity contribution in [1.29, 1.82) is 0 Å². The second-order valence-corrected chi connectivity index (χ2v) is 6.52. The van der Waals surface area contributed by atoms with Gasteiger partial charge in [0.25, 0.3) is 0 Å². The maximum Gasteiger partial charge on any atom is 0.249 e. The monoisotopic (exact) mass is 282 g/mol. The molecule has 1 heterocycles. The molecule has 2 rings (SSSR count). The van der Waals surface area contributed by atoms with Crippen LogP contribution in [0.2, 0.25) is 0 Å². The van der Waals surface area contributed by atoms with Gasteiger partial charge in [-0.3, -0.25) is 4.79 Å². The zero-order valence-corrected chi connectivity index (χ0v) is 13.2. The lowest BCUT2D eigenvalue weighted by Gasteiger charge is -2.42. The number of hydrogen-bond donors (Lipinski definition) is 1. The minimum atomic E-state index is -0.301. The van der Waals surface area contributed by atoms with E-state index in [0.29, 0.717) is 12.6 Å². The van der Waals surface area contributed by atoms with Gasteiger partial charge in [0, 0.05) is 31.8 Å². The fourth-order valence-corrected chi connectivity index (χ4v) is 3.19. The number of amides is 1. The molecule has 1 unspecified atom stereocenters. The van der Waals surface area contributed by atoms with Crippen LogP contribution in [0.3, 0.4) is 0 Å². The predicted octanol–water partition coefficient (Wildman–Crippen LogP) is 2.18. The predicted molar refractivity (Wildman–Crippen MR) is 80.6 cm³/mol. The molecule has 0 aromatic rings. The molecule has 0 radical (unpaired) electrons. The first kappa shape index (κ1) is 15.8. The summed E-state index contributed by atoms with van der Waals surface area (Å²) in [5.74, 6) is 0.300. The molecule has 4 heteroatoms. The third kappa shape index (κ3) is 3.95. The molecule has 0 bridgehead atoms. The highest BCUT2D eigenvalue weighted by molar-refractivity contribution is 5.81. The molecule has 1 amide bonds. The number of rotatable bonds is 6. The largest absolute Gasteiger partial charge is 0.368 e. The molecule has 0 aromatic heterocycles. The van der Waals surface area contributed by atoms with E-state index in [1.165, 1.54) is 19.3 Å². The molecule has 1 atom stereocenters. The number of piperidine rings is 1. The second-order valence-electron chi connectivity index (χ2n) is 6.52. The van der Waals surface area contributed by atoms with Crippen molar-refractivity contribution in [2.75, 3.05) is 19.7 Å². The van der Waals surface area contributed by atoms with Crippen molar-refractivity contribution in [3.63, 3.8) is 0 Å². The van der Waals surface area contributed by atoms with Crippen LogP contribution in [-0.2, 0) is 9.53 Å². The summed E-state index contributed by atoms with van der Waals surface area (Å²) in [6.45, 7) is 8.89. The summed E-state index contributed by atoms with van der Waals surface area (Å²) in [4.78, 5) is 14.9. The standard InChI is InChI=1S/C16H30N2O2/c1-4-20-15(12(2)3)16(19)17-13-8-10-18(11-9-13)14-6-5-7-14/h12-15H,4-11H2,1-3H3,(H,17,19). The van der Waals surface area contributed by atoms with Crippen molar-refractivity contribution in [3.05, 3.63) is 0 Å². The summed E-state index contributed by atoms with van der Waals surface area (Å²) in [5, 5.41) is 3.19. The fraction of sp³-hybridized carbons (Fsp3) is 0.938. The van der Waals surface area contributed by atoms with Crippen LogP contribution in [0.5, 0.6) is 0 Å². The zero-order valence-electron chi connectivity index (χ0n) is 13.2. The lowest BCUT2D eigenvalue weighted by molar-refractivity contribution is -0.136. The normalized spacial score (nSPS) is 23.6.